The van der Waals surface area contributed by atoms with Crippen molar-refractivity contribution in [3.05, 3.63) is 28.2 Å². The van der Waals surface area contributed by atoms with Gasteiger partial charge in [-0.05, 0) is 35.6 Å². The number of rotatable bonds is 7. The van der Waals surface area contributed by atoms with Gasteiger partial charge in [0.25, 0.3) is 0 Å². The Morgan fingerprint density at radius 3 is 2.72 bits per heavy atom. The molecule has 1 rings (SSSR count). The number of ether oxygens (including phenoxy) is 1. The molecule has 0 amide bonds. The van der Waals surface area contributed by atoms with Gasteiger partial charge in [0.2, 0.25) is 0 Å². The number of benzene rings is 1. The molecule has 1 aromatic carbocycles. The molecule has 0 saturated carbocycles. The van der Waals surface area contributed by atoms with Crippen LogP contribution in [0.2, 0.25) is 0 Å². The minimum Gasteiger partial charge on any atom is -0.497 e. The Hall–Kier alpha value is -0.250. The van der Waals surface area contributed by atoms with E-state index < -0.39 is 0 Å². The van der Waals surface area contributed by atoms with Gasteiger partial charge in [0.05, 0.1) is 7.11 Å². The van der Waals surface area contributed by atoms with Crippen molar-refractivity contribution in [1.29, 1.82) is 0 Å². The molecule has 2 nitrogen and oxygen atoms in total. The summed E-state index contributed by atoms with van der Waals surface area (Å²) in [6.07, 6.45) is 1.01. The van der Waals surface area contributed by atoms with Crippen molar-refractivity contribution in [2.45, 2.75) is 26.8 Å². The normalized spacial score (nSPS) is 11.6. The molecule has 0 aliphatic heterocycles. The zero-order valence-corrected chi connectivity index (χ0v) is 13.6. The van der Waals surface area contributed by atoms with E-state index in [4.69, 9.17) is 16.3 Å². The summed E-state index contributed by atoms with van der Waals surface area (Å²) in [5.41, 5.74) is 1.43. The minimum absolute atomic E-state index is 0.229. The topological polar surface area (TPSA) is 21.3 Å². The summed E-state index contributed by atoms with van der Waals surface area (Å²) < 4.78 is 6.33. The molecule has 102 valence electrons. The predicted molar refractivity (Wildman–Crippen MR) is 81.5 cm³/mol. The van der Waals surface area contributed by atoms with E-state index in [1.54, 1.807) is 7.11 Å². The lowest BCUT2D eigenvalue weighted by Gasteiger charge is -2.24. The van der Waals surface area contributed by atoms with Crippen molar-refractivity contribution in [3.63, 3.8) is 0 Å². The second-order valence-electron chi connectivity index (χ2n) is 5.16. The van der Waals surface area contributed by atoms with Crippen molar-refractivity contribution in [3.8, 4) is 5.75 Å². The standard InChI is InChI=1S/C14H21BrClNO/c1-14(2,6-7-16)10-17-9-11-8-12(18-3)4-5-13(11)15/h4-5,8,17H,6-7,9-10H2,1-3H3. The fourth-order valence-electron chi connectivity index (χ4n) is 1.69. The third-order valence-corrected chi connectivity index (χ3v) is 3.91. The summed E-state index contributed by atoms with van der Waals surface area (Å²) in [5, 5.41) is 3.47. The van der Waals surface area contributed by atoms with Gasteiger partial charge < -0.3 is 10.1 Å². The summed E-state index contributed by atoms with van der Waals surface area (Å²) >= 11 is 9.35. The Morgan fingerprint density at radius 2 is 2.11 bits per heavy atom. The average Bonchev–Trinajstić information content (AvgIpc) is 2.31. The molecule has 0 bridgehead atoms. The number of hydrogen-bond donors (Lipinski definition) is 1. The molecular weight excluding hydrogens is 314 g/mol. The van der Waals surface area contributed by atoms with Crippen molar-refractivity contribution < 1.29 is 4.74 Å². The number of alkyl halides is 1. The number of hydrogen-bond acceptors (Lipinski definition) is 2. The van der Waals surface area contributed by atoms with E-state index in [1.165, 1.54) is 5.56 Å². The summed E-state index contributed by atoms with van der Waals surface area (Å²) in [4.78, 5) is 0. The van der Waals surface area contributed by atoms with E-state index in [-0.39, 0.29) is 5.41 Å². The molecule has 0 aliphatic carbocycles. The number of nitrogens with one attached hydrogen (secondary N) is 1. The van der Waals surface area contributed by atoms with Crippen LogP contribution in [0.25, 0.3) is 0 Å². The molecule has 0 unspecified atom stereocenters. The van der Waals surface area contributed by atoms with Crippen LogP contribution in [-0.2, 0) is 6.54 Å². The highest BCUT2D eigenvalue weighted by molar-refractivity contribution is 9.10. The van der Waals surface area contributed by atoms with Crippen molar-refractivity contribution >= 4 is 27.5 Å². The third-order valence-electron chi connectivity index (χ3n) is 2.94. The van der Waals surface area contributed by atoms with Crippen molar-refractivity contribution in [2.75, 3.05) is 19.5 Å². The van der Waals surface area contributed by atoms with Gasteiger partial charge in [-0.2, -0.15) is 0 Å². The van der Waals surface area contributed by atoms with Crippen LogP contribution in [0.1, 0.15) is 25.8 Å². The maximum absolute atomic E-state index is 5.79. The fourth-order valence-corrected chi connectivity index (χ4v) is 2.59. The van der Waals surface area contributed by atoms with E-state index in [9.17, 15) is 0 Å². The van der Waals surface area contributed by atoms with Crippen LogP contribution >= 0.6 is 27.5 Å². The van der Waals surface area contributed by atoms with Crippen LogP contribution < -0.4 is 10.1 Å². The van der Waals surface area contributed by atoms with E-state index in [2.05, 4.69) is 35.1 Å². The molecule has 0 saturated heterocycles. The Labute approximate surface area is 123 Å². The molecular formula is C14H21BrClNO. The van der Waals surface area contributed by atoms with Gasteiger partial charge >= 0.3 is 0 Å². The molecule has 0 atom stereocenters. The first kappa shape index (κ1) is 15.8. The van der Waals surface area contributed by atoms with Gasteiger partial charge in [0.1, 0.15) is 5.75 Å². The SMILES string of the molecule is COc1ccc(Br)c(CNCC(C)(C)CCCl)c1. The van der Waals surface area contributed by atoms with Crippen LogP contribution in [0.4, 0.5) is 0 Å². The zero-order chi connectivity index (χ0) is 13.6. The summed E-state index contributed by atoms with van der Waals surface area (Å²) in [5.74, 6) is 1.59. The van der Waals surface area contributed by atoms with Gasteiger partial charge in [-0.1, -0.05) is 29.8 Å². The smallest absolute Gasteiger partial charge is 0.119 e. The lowest BCUT2D eigenvalue weighted by molar-refractivity contribution is 0.329. The molecule has 4 heteroatoms. The molecule has 0 radical (unpaired) electrons. The van der Waals surface area contributed by atoms with Gasteiger partial charge in [-0.25, -0.2) is 0 Å². The van der Waals surface area contributed by atoms with Gasteiger partial charge in [0, 0.05) is 23.4 Å². The molecule has 0 spiro atoms. The van der Waals surface area contributed by atoms with Gasteiger partial charge in [-0.15, -0.1) is 11.6 Å². The van der Waals surface area contributed by atoms with E-state index >= 15 is 0 Å². The highest BCUT2D eigenvalue weighted by Crippen LogP contribution is 2.23. The molecule has 1 N–H and O–H groups in total. The largest absolute Gasteiger partial charge is 0.497 e. The van der Waals surface area contributed by atoms with Crippen LogP contribution in [0.3, 0.4) is 0 Å². The summed E-state index contributed by atoms with van der Waals surface area (Å²) in [6.45, 7) is 6.22. The van der Waals surface area contributed by atoms with E-state index in [0.717, 1.165) is 29.7 Å². The Kier molecular flexibility index (Phi) is 6.47. The Balaban J connectivity index is 2.53. The lowest BCUT2D eigenvalue weighted by atomic mass is 9.90. The third kappa shape index (κ3) is 5.17. The highest BCUT2D eigenvalue weighted by atomic mass is 79.9. The summed E-state index contributed by atoms with van der Waals surface area (Å²) in [7, 11) is 1.68. The van der Waals surface area contributed by atoms with Crippen LogP contribution in [0.15, 0.2) is 22.7 Å². The quantitative estimate of drug-likeness (QED) is 0.754. The zero-order valence-electron chi connectivity index (χ0n) is 11.2. The second-order valence-corrected chi connectivity index (χ2v) is 6.40. The minimum atomic E-state index is 0.229. The Bertz CT molecular complexity index is 382. The van der Waals surface area contributed by atoms with Crippen LogP contribution in [0.5, 0.6) is 5.75 Å². The first-order valence-electron chi connectivity index (χ1n) is 6.07. The van der Waals surface area contributed by atoms with Crippen LogP contribution in [0, 0.1) is 5.41 Å². The Morgan fingerprint density at radius 1 is 1.39 bits per heavy atom. The number of methoxy groups -OCH3 is 1. The molecule has 0 aromatic heterocycles. The maximum Gasteiger partial charge on any atom is 0.119 e. The highest BCUT2D eigenvalue weighted by Gasteiger charge is 2.16. The lowest BCUT2D eigenvalue weighted by Crippen LogP contribution is -2.29. The van der Waals surface area contributed by atoms with E-state index in [0.29, 0.717) is 5.88 Å². The molecule has 18 heavy (non-hydrogen) atoms. The van der Waals surface area contributed by atoms with Crippen molar-refractivity contribution in [2.24, 2.45) is 5.41 Å². The second kappa shape index (κ2) is 7.37. The maximum atomic E-state index is 5.79. The predicted octanol–water partition coefficient (Wildman–Crippen LogP) is 4.20. The fraction of sp³-hybridized carbons (Fsp3) is 0.571. The average molecular weight is 335 g/mol. The van der Waals surface area contributed by atoms with Gasteiger partial charge in [-0.3, -0.25) is 0 Å². The molecule has 1 aromatic rings. The first-order chi connectivity index (χ1) is 8.48. The molecule has 0 aliphatic rings. The number of halogens is 2. The van der Waals surface area contributed by atoms with Crippen LogP contribution in [-0.4, -0.2) is 19.5 Å². The van der Waals surface area contributed by atoms with Gasteiger partial charge in [0.15, 0.2) is 0 Å². The van der Waals surface area contributed by atoms with Crippen molar-refractivity contribution in [1.82, 2.24) is 5.32 Å². The first-order valence-corrected chi connectivity index (χ1v) is 7.40. The monoisotopic (exact) mass is 333 g/mol. The summed E-state index contributed by atoms with van der Waals surface area (Å²) in [6, 6.07) is 6.01. The van der Waals surface area contributed by atoms with E-state index in [1.807, 2.05) is 18.2 Å². The molecule has 0 fully saturated rings. The molecule has 0 heterocycles.